The van der Waals surface area contributed by atoms with E-state index in [4.69, 9.17) is 14.2 Å². The first-order valence-corrected chi connectivity index (χ1v) is 11.9. The Morgan fingerprint density at radius 3 is 2.03 bits per heavy atom. The van der Waals surface area contributed by atoms with Crippen LogP contribution in [0.2, 0.25) is 0 Å². The zero-order chi connectivity index (χ0) is 25.7. The third-order valence-electron chi connectivity index (χ3n) is 6.68. The lowest BCUT2D eigenvalue weighted by Gasteiger charge is -2.38. The van der Waals surface area contributed by atoms with E-state index in [1.165, 1.54) is 0 Å². The number of likely N-dealkylation sites (N-methyl/N-ethyl adjacent to an activating group) is 1. The molecule has 1 heterocycles. The van der Waals surface area contributed by atoms with E-state index < -0.39 is 6.04 Å². The highest BCUT2D eigenvalue weighted by atomic mass is 16.5. The van der Waals surface area contributed by atoms with E-state index in [0.29, 0.717) is 30.2 Å². The van der Waals surface area contributed by atoms with Crippen molar-refractivity contribution in [3.63, 3.8) is 0 Å². The highest BCUT2D eigenvalue weighted by Crippen LogP contribution is 2.41. The number of ether oxygens (including phenoxy) is 3. The standard InChI is InChI=1S/C29H32N2O5/c1-30-24(29(33)31(19-27(30)32)15-14-20-8-6-5-7-9-20)16-21-10-12-22(13-11-21)23-17-25(34-2)28(36-4)26(18-23)35-3/h5-13,17-18,24H,14-16,19H2,1-4H3. The number of methoxy groups -OCH3 is 3. The zero-order valence-corrected chi connectivity index (χ0v) is 21.2. The van der Waals surface area contributed by atoms with Gasteiger partial charge in [-0.15, -0.1) is 0 Å². The van der Waals surface area contributed by atoms with E-state index in [1.807, 2.05) is 66.7 Å². The smallest absolute Gasteiger partial charge is 0.246 e. The molecule has 3 aromatic rings. The molecule has 1 aliphatic heterocycles. The van der Waals surface area contributed by atoms with Crippen LogP contribution in [0.5, 0.6) is 17.2 Å². The molecule has 0 aromatic heterocycles. The number of hydrogen-bond donors (Lipinski definition) is 0. The molecule has 0 N–H and O–H groups in total. The summed E-state index contributed by atoms with van der Waals surface area (Å²) in [5, 5.41) is 0. The van der Waals surface area contributed by atoms with Crippen molar-refractivity contribution in [3.8, 4) is 28.4 Å². The van der Waals surface area contributed by atoms with Crippen molar-refractivity contribution in [1.82, 2.24) is 9.80 Å². The van der Waals surface area contributed by atoms with Gasteiger partial charge >= 0.3 is 0 Å². The van der Waals surface area contributed by atoms with Crippen LogP contribution in [-0.2, 0) is 22.4 Å². The number of hydrogen-bond acceptors (Lipinski definition) is 5. The molecule has 0 spiro atoms. The predicted octanol–water partition coefficient (Wildman–Crippen LogP) is 3.83. The quantitative estimate of drug-likeness (QED) is 0.458. The Morgan fingerprint density at radius 1 is 0.806 bits per heavy atom. The van der Waals surface area contributed by atoms with E-state index in [0.717, 1.165) is 28.7 Å². The average Bonchev–Trinajstić information content (AvgIpc) is 2.92. The van der Waals surface area contributed by atoms with Crippen molar-refractivity contribution >= 4 is 11.8 Å². The molecule has 0 saturated carbocycles. The first-order chi connectivity index (χ1) is 17.4. The first-order valence-electron chi connectivity index (χ1n) is 11.9. The summed E-state index contributed by atoms with van der Waals surface area (Å²) in [7, 11) is 6.47. The van der Waals surface area contributed by atoms with Crippen molar-refractivity contribution in [2.45, 2.75) is 18.9 Å². The van der Waals surface area contributed by atoms with Crippen LogP contribution >= 0.6 is 0 Å². The molecule has 2 amide bonds. The number of rotatable bonds is 9. The molecule has 1 unspecified atom stereocenters. The summed E-state index contributed by atoms with van der Waals surface area (Å²) < 4.78 is 16.4. The van der Waals surface area contributed by atoms with Crippen LogP contribution in [0.25, 0.3) is 11.1 Å². The van der Waals surface area contributed by atoms with Gasteiger partial charge < -0.3 is 24.0 Å². The molecule has 188 valence electrons. The van der Waals surface area contributed by atoms with Crippen molar-refractivity contribution < 1.29 is 23.8 Å². The van der Waals surface area contributed by atoms with Crippen LogP contribution in [0.1, 0.15) is 11.1 Å². The second kappa shape index (κ2) is 11.2. The van der Waals surface area contributed by atoms with E-state index in [-0.39, 0.29) is 18.4 Å². The Bertz CT molecular complexity index is 1190. The summed E-state index contributed by atoms with van der Waals surface area (Å²) in [6, 6.07) is 21.3. The van der Waals surface area contributed by atoms with Crippen molar-refractivity contribution in [3.05, 3.63) is 77.9 Å². The lowest BCUT2D eigenvalue weighted by Crippen LogP contribution is -2.59. The van der Waals surface area contributed by atoms with E-state index in [9.17, 15) is 9.59 Å². The molecule has 3 aromatic carbocycles. The summed E-state index contributed by atoms with van der Waals surface area (Å²) in [5.41, 5.74) is 4.02. The van der Waals surface area contributed by atoms with Gasteiger partial charge in [-0.2, -0.15) is 0 Å². The van der Waals surface area contributed by atoms with Gasteiger partial charge in [-0.1, -0.05) is 54.6 Å². The van der Waals surface area contributed by atoms with Gasteiger partial charge in [-0.05, 0) is 40.8 Å². The summed E-state index contributed by atoms with van der Waals surface area (Å²) in [5.74, 6) is 1.66. The van der Waals surface area contributed by atoms with E-state index >= 15 is 0 Å². The maximum atomic E-state index is 13.3. The Labute approximate surface area is 212 Å². The maximum absolute atomic E-state index is 13.3. The van der Waals surface area contributed by atoms with Crippen LogP contribution in [0, 0.1) is 0 Å². The fourth-order valence-corrected chi connectivity index (χ4v) is 4.53. The van der Waals surface area contributed by atoms with Gasteiger partial charge in [0.15, 0.2) is 11.5 Å². The number of carbonyl (C=O) groups is 2. The Hall–Kier alpha value is -4.00. The number of nitrogens with zero attached hydrogens (tertiary/aromatic N) is 2. The van der Waals surface area contributed by atoms with Crippen LogP contribution in [-0.4, -0.2) is 69.1 Å². The fraction of sp³-hybridized carbons (Fsp3) is 0.310. The van der Waals surface area contributed by atoms with Crippen LogP contribution in [0.4, 0.5) is 0 Å². The van der Waals surface area contributed by atoms with Crippen LogP contribution in [0.15, 0.2) is 66.7 Å². The molecule has 36 heavy (non-hydrogen) atoms. The zero-order valence-electron chi connectivity index (χ0n) is 21.2. The Morgan fingerprint density at radius 2 is 1.44 bits per heavy atom. The Balaban J connectivity index is 1.49. The summed E-state index contributed by atoms with van der Waals surface area (Å²) in [6.45, 7) is 0.651. The highest BCUT2D eigenvalue weighted by molar-refractivity contribution is 5.95. The highest BCUT2D eigenvalue weighted by Gasteiger charge is 2.36. The van der Waals surface area contributed by atoms with Crippen molar-refractivity contribution in [2.75, 3.05) is 41.5 Å². The SMILES string of the molecule is COc1cc(-c2ccc(CC3C(=O)N(CCc4ccccc4)CC(=O)N3C)cc2)cc(OC)c1OC. The fourth-order valence-electron chi connectivity index (χ4n) is 4.53. The predicted molar refractivity (Wildman–Crippen MR) is 139 cm³/mol. The Kier molecular flexibility index (Phi) is 7.78. The van der Waals surface area contributed by atoms with Crippen molar-refractivity contribution in [1.29, 1.82) is 0 Å². The molecule has 0 aliphatic carbocycles. The molecule has 1 fully saturated rings. The molecular formula is C29H32N2O5. The molecule has 0 bridgehead atoms. The number of amides is 2. The molecule has 7 heteroatoms. The van der Waals surface area contributed by atoms with E-state index in [2.05, 4.69) is 0 Å². The molecule has 0 radical (unpaired) electrons. The molecule has 7 nitrogen and oxygen atoms in total. The third kappa shape index (κ3) is 5.30. The third-order valence-corrected chi connectivity index (χ3v) is 6.68. The average molecular weight is 489 g/mol. The van der Waals surface area contributed by atoms with Gasteiger partial charge in [0.2, 0.25) is 17.6 Å². The normalized spacial score (nSPS) is 15.7. The van der Waals surface area contributed by atoms with Gasteiger partial charge in [0.1, 0.15) is 6.04 Å². The summed E-state index contributed by atoms with van der Waals surface area (Å²) in [4.78, 5) is 29.2. The minimum absolute atomic E-state index is 0.0123. The number of benzene rings is 3. The van der Waals surface area contributed by atoms with Crippen molar-refractivity contribution in [2.24, 2.45) is 0 Å². The second-order valence-electron chi connectivity index (χ2n) is 8.83. The van der Waals surface area contributed by atoms with Gasteiger partial charge in [-0.25, -0.2) is 0 Å². The maximum Gasteiger partial charge on any atom is 0.246 e. The molecule has 1 aliphatic rings. The minimum atomic E-state index is -0.519. The van der Waals surface area contributed by atoms with Gasteiger partial charge in [-0.3, -0.25) is 9.59 Å². The second-order valence-corrected chi connectivity index (χ2v) is 8.83. The minimum Gasteiger partial charge on any atom is -0.493 e. The lowest BCUT2D eigenvalue weighted by molar-refractivity contribution is -0.154. The van der Waals surface area contributed by atoms with Gasteiger partial charge in [0.05, 0.1) is 27.9 Å². The van der Waals surface area contributed by atoms with Crippen LogP contribution in [0.3, 0.4) is 0 Å². The number of piperazine rings is 1. The van der Waals surface area contributed by atoms with Gasteiger partial charge in [0, 0.05) is 20.0 Å². The van der Waals surface area contributed by atoms with Crippen LogP contribution < -0.4 is 14.2 Å². The van der Waals surface area contributed by atoms with E-state index in [1.54, 1.807) is 38.2 Å². The first kappa shape index (κ1) is 25.1. The monoisotopic (exact) mass is 488 g/mol. The summed E-state index contributed by atoms with van der Waals surface area (Å²) in [6.07, 6.45) is 1.18. The molecule has 1 saturated heterocycles. The summed E-state index contributed by atoms with van der Waals surface area (Å²) >= 11 is 0. The number of carbonyl (C=O) groups excluding carboxylic acids is 2. The largest absolute Gasteiger partial charge is 0.493 e. The molecule has 4 rings (SSSR count). The molecule has 1 atom stereocenters. The topological polar surface area (TPSA) is 68.3 Å². The van der Waals surface area contributed by atoms with Gasteiger partial charge in [0.25, 0.3) is 0 Å². The molecular weight excluding hydrogens is 456 g/mol. The lowest BCUT2D eigenvalue weighted by atomic mass is 9.98.